The first-order valence-electron chi connectivity index (χ1n) is 13.1. The lowest BCUT2D eigenvalue weighted by Crippen LogP contribution is -2.53. The van der Waals surface area contributed by atoms with Crippen molar-refractivity contribution in [1.29, 1.82) is 0 Å². The number of benzene rings is 3. The summed E-state index contributed by atoms with van der Waals surface area (Å²) in [6.45, 7) is 2.22. The van der Waals surface area contributed by atoms with Crippen molar-refractivity contribution in [2.24, 2.45) is 0 Å². The molecule has 6 heteroatoms. The molecule has 0 spiro atoms. The van der Waals surface area contributed by atoms with E-state index in [9.17, 15) is 9.59 Å². The maximum Gasteiger partial charge on any atom is 0.261 e. The number of nitrogens with zero attached hydrogens (tertiary/aromatic N) is 1. The SMILES string of the molecule is CCc1ccc(OCC(=O)N(Cc2ccc(Cl)cc2)[C@@H](Cc2ccccc2)C(=O)NC2CCCC2)cc1. The Hall–Kier alpha value is -3.31. The van der Waals surface area contributed by atoms with Gasteiger partial charge in [-0.05, 0) is 60.2 Å². The Morgan fingerprint density at radius 3 is 2.22 bits per heavy atom. The Labute approximate surface area is 224 Å². The van der Waals surface area contributed by atoms with Gasteiger partial charge in [-0.25, -0.2) is 0 Å². The zero-order valence-corrected chi connectivity index (χ0v) is 22.1. The summed E-state index contributed by atoms with van der Waals surface area (Å²) in [6, 6.07) is 24.5. The monoisotopic (exact) mass is 518 g/mol. The smallest absolute Gasteiger partial charge is 0.261 e. The first-order chi connectivity index (χ1) is 18.0. The largest absolute Gasteiger partial charge is 0.484 e. The molecule has 0 bridgehead atoms. The summed E-state index contributed by atoms with van der Waals surface area (Å²) >= 11 is 6.10. The van der Waals surface area contributed by atoms with E-state index in [1.54, 1.807) is 17.0 Å². The third-order valence-electron chi connectivity index (χ3n) is 6.93. The molecule has 194 valence electrons. The first kappa shape index (κ1) is 26.7. The Morgan fingerprint density at radius 1 is 0.919 bits per heavy atom. The van der Waals surface area contributed by atoms with Gasteiger partial charge in [-0.3, -0.25) is 9.59 Å². The summed E-state index contributed by atoms with van der Waals surface area (Å²) in [5, 5.41) is 3.85. The van der Waals surface area contributed by atoms with Crippen molar-refractivity contribution in [1.82, 2.24) is 10.2 Å². The van der Waals surface area contributed by atoms with Crippen LogP contribution in [0.15, 0.2) is 78.9 Å². The third kappa shape index (κ3) is 7.83. The van der Waals surface area contributed by atoms with Crippen LogP contribution in [0, 0.1) is 0 Å². The van der Waals surface area contributed by atoms with Crippen LogP contribution in [0.4, 0.5) is 0 Å². The summed E-state index contributed by atoms with van der Waals surface area (Å²) in [5.41, 5.74) is 3.10. The summed E-state index contributed by atoms with van der Waals surface area (Å²) < 4.78 is 5.87. The lowest BCUT2D eigenvalue weighted by molar-refractivity contribution is -0.143. The van der Waals surface area contributed by atoms with Crippen molar-refractivity contribution in [3.8, 4) is 5.75 Å². The molecule has 1 N–H and O–H groups in total. The highest BCUT2D eigenvalue weighted by Gasteiger charge is 2.32. The van der Waals surface area contributed by atoms with Crippen LogP contribution in [0.25, 0.3) is 0 Å². The molecule has 1 fully saturated rings. The molecule has 0 heterocycles. The van der Waals surface area contributed by atoms with E-state index >= 15 is 0 Å². The van der Waals surface area contributed by atoms with Crippen molar-refractivity contribution >= 4 is 23.4 Å². The number of amides is 2. The average Bonchev–Trinajstić information content (AvgIpc) is 3.44. The van der Waals surface area contributed by atoms with E-state index in [0.717, 1.165) is 43.2 Å². The van der Waals surface area contributed by atoms with Gasteiger partial charge < -0.3 is 15.0 Å². The van der Waals surface area contributed by atoms with Gasteiger partial charge in [0, 0.05) is 24.0 Å². The Bertz CT molecular complexity index is 1140. The van der Waals surface area contributed by atoms with E-state index < -0.39 is 6.04 Å². The van der Waals surface area contributed by atoms with Crippen molar-refractivity contribution in [2.45, 2.75) is 64.1 Å². The molecule has 5 nitrogen and oxygen atoms in total. The van der Waals surface area contributed by atoms with Gasteiger partial charge in [0.05, 0.1) is 0 Å². The number of halogens is 1. The molecule has 0 aliphatic heterocycles. The zero-order valence-electron chi connectivity index (χ0n) is 21.4. The summed E-state index contributed by atoms with van der Waals surface area (Å²) in [7, 11) is 0. The number of rotatable bonds is 11. The molecule has 3 aromatic carbocycles. The minimum atomic E-state index is -0.669. The first-order valence-corrected chi connectivity index (χ1v) is 13.5. The molecule has 1 atom stereocenters. The standard InChI is InChI=1S/C31H35ClN2O3/c1-2-23-14-18-28(19-15-23)37-22-30(35)34(21-25-12-16-26(32)17-13-25)29(20-24-8-4-3-5-9-24)31(36)33-27-10-6-7-11-27/h3-5,8-9,12-19,27,29H,2,6-7,10-11,20-22H2,1H3,(H,33,36)/t29-/m0/s1. The molecule has 37 heavy (non-hydrogen) atoms. The number of carbonyl (C=O) groups excluding carboxylic acids is 2. The molecule has 0 saturated heterocycles. The van der Waals surface area contributed by atoms with Crippen LogP contribution < -0.4 is 10.1 Å². The molecule has 1 aliphatic rings. The number of ether oxygens (including phenoxy) is 1. The van der Waals surface area contributed by atoms with Crippen LogP contribution in [0.5, 0.6) is 5.75 Å². The minimum absolute atomic E-state index is 0.120. The van der Waals surface area contributed by atoms with Gasteiger partial charge in [0.1, 0.15) is 11.8 Å². The number of aryl methyl sites for hydroxylation is 1. The maximum absolute atomic E-state index is 13.7. The van der Waals surface area contributed by atoms with E-state index in [1.165, 1.54) is 5.56 Å². The van der Waals surface area contributed by atoms with Crippen LogP contribution in [0.1, 0.15) is 49.3 Å². The maximum atomic E-state index is 13.7. The predicted molar refractivity (Wildman–Crippen MR) is 148 cm³/mol. The van der Waals surface area contributed by atoms with E-state index in [-0.39, 0.29) is 31.0 Å². The fraction of sp³-hybridized carbons (Fsp3) is 0.355. The molecular weight excluding hydrogens is 484 g/mol. The summed E-state index contributed by atoms with van der Waals surface area (Å²) in [5.74, 6) is 0.273. The van der Waals surface area contributed by atoms with Crippen LogP contribution in [-0.2, 0) is 29.0 Å². The molecule has 1 saturated carbocycles. The van der Waals surface area contributed by atoms with E-state index in [4.69, 9.17) is 16.3 Å². The molecule has 0 radical (unpaired) electrons. The predicted octanol–water partition coefficient (Wildman–Crippen LogP) is 5.98. The number of hydrogen-bond donors (Lipinski definition) is 1. The van der Waals surface area contributed by atoms with Gasteiger partial charge in [-0.1, -0.05) is 86.0 Å². The van der Waals surface area contributed by atoms with Crippen molar-refractivity contribution < 1.29 is 14.3 Å². The van der Waals surface area contributed by atoms with Gasteiger partial charge in [0.25, 0.3) is 5.91 Å². The van der Waals surface area contributed by atoms with Gasteiger partial charge in [0.15, 0.2) is 6.61 Å². The second kappa shape index (κ2) is 13.3. The zero-order chi connectivity index (χ0) is 26.0. The van der Waals surface area contributed by atoms with Crippen LogP contribution in [-0.4, -0.2) is 35.4 Å². The average molecular weight is 519 g/mol. The minimum Gasteiger partial charge on any atom is -0.484 e. The molecule has 4 rings (SSSR count). The lowest BCUT2D eigenvalue weighted by atomic mass is 10.0. The van der Waals surface area contributed by atoms with E-state index in [2.05, 4.69) is 12.2 Å². The summed E-state index contributed by atoms with van der Waals surface area (Å²) in [6.07, 6.45) is 5.55. The van der Waals surface area contributed by atoms with E-state index in [1.807, 2.05) is 66.7 Å². The molecule has 0 aromatic heterocycles. The van der Waals surface area contributed by atoms with Crippen molar-refractivity contribution in [3.05, 3.63) is 101 Å². The Kier molecular flexibility index (Phi) is 9.61. The van der Waals surface area contributed by atoms with E-state index in [0.29, 0.717) is 17.2 Å². The number of hydrogen-bond acceptors (Lipinski definition) is 3. The second-order valence-electron chi connectivity index (χ2n) is 9.63. The fourth-order valence-electron chi connectivity index (χ4n) is 4.76. The van der Waals surface area contributed by atoms with Gasteiger partial charge in [-0.2, -0.15) is 0 Å². The third-order valence-corrected chi connectivity index (χ3v) is 7.18. The quantitative estimate of drug-likeness (QED) is 0.339. The van der Waals surface area contributed by atoms with Crippen LogP contribution in [0.2, 0.25) is 5.02 Å². The normalized spacial score (nSPS) is 14.2. The van der Waals surface area contributed by atoms with Crippen molar-refractivity contribution in [3.63, 3.8) is 0 Å². The Morgan fingerprint density at radius 2 is 1.57 bits per heavy atom. The molecular formula is C31H35ClN2O3. The van der Waals surface area contributed by atoms with Crippen LogP contribution in [0.3, 0.4) is 0 Å². The van der Waals surface area contributed by atoms with Gasteiger partial charge in [0.2, 0.25) is 5.91 Å². The topological polar surface area (TPSA) is 58.6 Å². The molecule has 0 unspecified atom stereocenters. The number of carbonyl (C=O) groups is 2. The van der Waals surface area contributed by atoms with Gasteiger partial charge in [-0.15, -0.1) is 0 Å². The Balaban J connectivity index is 1.58. The highest BCUT2D eigenvalue weighted by molar-refractivity contribution is 6.30. The molecule has 3 aromatic rings. The fourth-order valence-corrected chi connectivity index (χ4v) is 4.88. The highest BCUT2D eigenvalue weighted by Crippen LogP contribution is 2.21. The van der Waals surface area contributed by atoms with Crippen LogP contribution >= 0.6 is 11.6 Å². The highest BCUT2D eigenvalue weighted by atomic mass is 35.5. The van der Waals surface area contributed by atoms with Gasteiger partial charge >= 0.3 is 0 Å². The van der Waals surface area contributed by atoms with Crippen molar-refractivity contribution in [2.75, 3.05) is 6.61 Å². The summed E-state index contributed by atoms with van der Waals surface area (Å²) in [4.78, 5) is 29.0. The number of nitrogens with one attached hydrogen (secondary N) is 1. The lowest BCUT2D eigenvalue weighted by Gasteiger charge is -2.32. The molecule has 2 amide bonds. The molecule has 1 aliphatic carbocycles. The second-order valence-corrected chi connectivity index (χ2v) is 10.1.